The molecule has 1 saturated carbocycles. The third-order valence-electron chi connectivity index (χ3n) is 5.20. The minimum Gasteiger partial charge on any atom is -0.337 e. The van der Waals surface area contributed by atoms with Crippen LogP contribution in [0.3, 0.4) is 0 Å². The van der Waals surface area contributed by atoms with Crippen molar-refractivity contribution in [3.63, 3.8) is 0 Å². The Morgan fingerprint density at radius 1 is 1.23 bits per heavy atom. The van der Waals surface area contributed by atoms with Gasteiger partial charge in [0, 0.05) is 18.0 Å². The second kappa shape index (κ2) is 8.67. The Morgan fingerprint density at radius 2 is 1.97 bits per heavy atom. The second-order valence-electron chi connectivity index (χ2n) is 7.54. The number of carbonyl (C=O) groups is 1. The van der Waals surface area contributed by atoms with Crippen LogP contribution in [0.5, 0.6) is 0 Å². The van der Waals surface area contributed by atoms with Crippen LogP contribution >= 0.6 is 11.8 Å². The maximum Gasteiger partial charge on any atom is 0.231 e. The van der Waals surface area contributed by atoms with Crippen molar-refractivity contribution in [3.8, 4) is 17.5 Å². The summed E-state index contributed by atoms with van der Waals surface area (Å²) in [6.07, 6.45) is 5.41. The van der Waals surface area contributed by atoms with Crippen molar-refractivity contribution in [1.29, 1.82) is 5.26 Å². The summed E-state index contributed by atoms with van der Waals surface area (Å²) in [7, 11) is 0. The molecule has 4 rings (SSSR count). The number of amides is 1. The first-order valence-corrected chi connectivity index (χ1v) is 10.8. The number of nitrogens with zero attached hydrogens (tertiary/aromatic N) is 5. The number of benzene rings is 1. The fourth-order valence-electron chi connectivity index (χ4n) is 3.36. The van der Waals surface area contributed by atoms with Crippen molar-refractivity contribution in [2.24, 2.45) is 5.92 Å². The van der Waals surface area contributed by atoms with E-state index in [0.29, 0.717) is 11.7 Å². The minimum atomic E-state index is -0.794. The van der Waals surface area contributed by atoms with Crippen LogP contribution in [0.25, 0.3) is 11.4 Å². The number of thioether (sulfide) groups is 1. The molecule has 7 nitrogen and oxygen atoms in total. The zero-order valence-electron chi connectivity index (χ0n) is 16.7. The van der Waals surface area contributed by atoms with Crippen LogP contribution in [-0.4, -0.2) is 36.9 Å². The van der Waals surface area contributed by atoms with Crippen LogP contribution in [0, 0.1) is 17.2 Å². The quantitative estimate of drug-likeness (QED) is 0.564. The predicted molar refractivity (Wildman–Crippen MR) is 114 cm³/mol. The number of nitriles is 1. The molecule has 0 aliphatic heterocycles. The summed E-state index contributed by atoms with van der Waals surface area (Å²) in [6, 6.07) is 16.1. The SMILES string of the molecule is C[C@](C#N)(NC(=O)CSc1nnc(-c2ccncc2)n1Cc1ccccc1)C1CC1. The fourth-order valence-corrected chi connectivity index (χ4v) is 4.09. The van der Waals surface area contributed by atoms with Crippen molar-refractivity contribution in [3.05, 3.63) is 60.4 Å². The van der Waals surface area contributed by atoms with Gasteiger partial charge in [0.05, 0.1) is 18.4 Å². The summed E-state index contributed by atoms with van der Waals surface area (Å²) in [4.78, 5) is 16.6. The van der Waals surface area contributed by atoms with E-state index in [2.05, 4.69) is 26.6 Å². The second-order valence-corrected chi connectivity index (χ2v) is 8.48. The molecule has 0 bridgehead atoms. The van der Waals surface area contributed by atoms with Gasteiger partial charge in [-0.1, -0.05) is 42.1 Å². The molecule has 3 aromatic rings. The van der Waals surface area contributed by atoms with E-state index in [1.54, 1.807) is 19.3 Å². The minimum absolute atomic E-state index is 0.171. The van der Waals surface area contributed by atoms with E-state index >= 15 is 0 Å². The number of carbonyl (C=O) groups excluding carboxylic acids is 1. The van der Waals surface area contributed by atoms with Gasteiger partial charge in [0.15, 0.2) is 11.0 Å². The van der Waals surface area contributed by atoms with Gasteiger partial charge in [-0.2, -0.15) is 5.26 Å². The number of nitrogens with one attached hydrogen (secondary N) is 1. The monoisotopic (exact) mass is 418 g/mol. The molecule has 1 N–H and O–H groups in total. The maximum absolute atomic E-state index is 12.5. The molecule has 0 saturated heterocycles. The molecule has 0 radical (unpaired) electrons. The van der Waals surface area contributed by atoms with Crippen LogP contribution in [0.1, 0.15) is 25.3 Å². The molecule has 2 heterocycles. The first-order chi connectivity index (χ1) is 14.6. The lowest BCUT2D eigenvalue weighted by molar-refractivity contribution is -0.119. The summed E-state index contributed by atoms with van der Waals surface area (Å²) in [5.74, 6) is 0.976. The summed E-state index contributed by atoms with van der Waals surface area (Å²) < 4.78 is 2.01. The van der Waals surface area contributed by atoms with E-state index in [9.17, 15) is 10.1 Å². The average Bonchev–Trinajstić information content (AvgIpc) is 3.56. The lowest BCUT2D eigenvalue weighted by Gasteiger charge is -2.22. The van der Waals surface area contributed by atoms with Crippen LogP contribution in [0.4, 0.5) is 0 Å². The molecule has 0 unspecified atom stereocenters. The molecular weight excluding hydrogens is 396 g/mol. The Hall–Kier alpha value is -3.18. The number of hydrogen-bond donors (Lipinski definition) is 1. The van der Waals surface area contributed by atoms with Crippen LogP contribution in [0.15, 0.2) is 60.0 Å². The highest BCUT2D eigenvalue weighted by Crippen LogP contribution is 2.39. The van der Waals surface area contributed by atoms with Crippen LogP contribution in [-0.2, 0) is 11.3 Å². The molecule has 2 aromatic heterocycles. The first-order valence-electron chi connectivity index (χ1n) is 9.81. The number of rotatable bonds is 8. The molecule has 1 aliphatic rings. The summed E-state index contributed by atoms with van der Waals surface area (Å²) in [5.41, 5.74) is 1.23. The van der Waals surface area contributed by atoms with Gasteiger partial charge in [0.1, 0.15) is 5.54 Å². The summed E-state index contributed by atoms with van der Waals surface area (Å²) in [5, 5.41) is 21.7. The largest absolute Gasteiger partial charge is 0.337 e. The number of hydrogen-bond acceptors (Lipinski definition) is 6. The predicted octanol–water partition coefficient (Wildman–Crippen LogP) is 3.29. The highest BCUT2D eigenvalue weighted by atomic mass is 32.2. The Bertz CT molecular complexity index is 1060. The molecule has 152 valence electrons. The summed E-state index contributed by atoms with van der Waals surface area (Å²) >= 11 is 1.33. The highest BCUT2D eigenvalue weighted by molar-refractivity contribution is 7.99. The fraction of sp³-hybridized carbons (Fsp3) is 0.318. The molecule has 1 amide bonds. The first kappa shape index (κ1) is 20.1. The molecule has 30 heavy (non-hydrogen) atoms. The van der Waals surface area contributed by atoms with Crippen LogP contribution in [0.2, 0.25) is 0 Å². The Labute approximate surface area is 179 Å². The van der Waals surface area contributed by atoms with Crippen molar-refractivity contribution >= 4 is 17.7 Å². The Kier molecular flexibility index (Phi) is 5.81. The van der Waals surface area contributed by atoms with E-state index in [1.807, 2.05) is 47.0 Å². The van der Waals surface area contributed by atoms with E-state index in [-0.39, 0.29) is 17.6 Å². The van der Waals surface area contributed by atoms with Gasteiger partial charge in [-0.25, -0.2) is 0 Å². The van der Waals surface area contributed by atoms with Crippen LogP contribution < -0.4 is 5.32 Å². The molecule has 1 aromatic carbocycles. The molecule has 1 fully saturated rings. The zero-order valence-corrected chi connectivity index (χ0v) is 17.5. The van der Waals surface area contributed by atoms with Gasteiger partial charge in [-0.15, -0.1) is 10.2 Å². The van der Waals surface area contributed by atoms with E-state index in [1.165, 1.54) is 11.8 Å². The Morgan fingerprint density at radius 3 is 2.63 bits per heavy atom. The normalized spacial score (nSPS) is 15.2. The van der Waals surface area contributed by atoms with Crippen molar-refractivity contribution in [2.75, 3.05) is 5.75 Å². The molecular formula is C22H22N6OS. The van der Waals surface area contributed by atoms with Crippen molar-refractivity contribution in [2.45, 2.75) is 37.0 Å². The Balaban J connectivity index is 1.53. The molecule has 1 aliphatic carbocycles. The topological polar surface area (TPSA) is 96.5 Å². The highest BCUT2D eigenvalue weighted by Gasteiger charge is 2.43. The third kappa shape index (κ3) is 4.52. The standard InChI is InChI=1S/C22H22N6OS/c1-22(15-23,18-7-8-18)25-19(29)14-30-21-27-26-20(17-9-11-24-12-10-17)28(21)13-16-5-3-2-4-6-16/h2-6,9-12,18H,7-8,13-14H2,1H3,(H,25,29)/t22-/m1/s1. The van der Waals surface area contributed by atoms with Crippen molar-refractivity contribution in [1.82, 2.24) is 25.1 Å². The molecule has 8 heteroatoms. The zero-order chi connectivity index (χ0) is 21.0. The average molecular weight is 419 g/mol. The molecule has 0 spiro atoms. The van der Waals surface area contributed by atoms with E-state index < -0.39 is 5.54 Å². The van der Waals surface area contributed by atoms with E-state index in [4.69, 9.17) is 0 Å². The smallest absolute Gasteiger partial charge is 0.231 e. The summed E-state index contributed by atoms with van der Waals surface area (Å²) in [6.45, 7) is 2.39. The van der Waals surface area contributed by atoms with Gasteiger partial charge in [0.25, 0.3) is 0 Å². The molecule has 1 atom stereocenters. The number of aromatic nitrogens is 4. The lowest BCUT2D eigenvalue weighted by Crippen LogP contribution is -2.47. The van der Waals surface area contributed by atoms with Gasteiger partial charge in [0.2, 0.25) is 5.91 Å². The van der Waals surface area contributed by atoms with Gasteiger partial charge < -0.3 is 5.32 Å². The van der Waals surface area contributed by atoms with Crippen molar-refractivity contribution < 1.29 is 4.79 Å². The maximum atomic E-state index is 12.5. The number of pyridine rings is 1. The van der Waals surface area contributed by atoms with Gasteiger partial charge >= 0.3 is 0 Å². The van der Waals surface area contributed by atoms with Gasteiger partial charge in [-0.3, -0.25) is 14.3 Å². The third-order valence-corrected chi connectivity index (χ3v) is 6.16. The lowest BCUT2D eigenvalue weighted by atomic mass is 9.98. The van der Waals surface area contributed by atoms with Gasteiger partial charge in [-0.05, 0) is 43.4 Å². The van der Waals surface area contributed by atoms with E-state index in [0.717, 1.165) is 29.8 Å².